The summed E-state index contributed by atoms with van der Waals surface area (Å²) in [5, 5.41) is 9.33. The van der Waals surface area contributed by atoms with E-state index in [2.05, 4.69) is 32.9 Å². The lowest BCUT2D eigenvalue weighted by atomic mass is 9.46. The third kappa shape index (κ3) is 3.17. The van der Waals surface area contributed by atoms with Crippen molar-refractivity contribution in [1.82, 2.24) is 0 Å². The topological polar surface area (TPSA) is 46.5 Å². The standard InChI is InChI=1S/C26H37FO3/c1-5-6-7-16-14-17-15-18(30-4)10-12-25(17,2)20-11-13-26(3)19(22(16)20)8-9-21(26)23(27)24(28)29/h14-16,19-20,22H,5-13H2,1-4H3,(H,28,29)/t16-,19+,20+,22+,25+,26+/m1/s1. The molecule has 0 aromatic carbocycles. The van der Waals surface area contributed by atoms with E-state index in [1.807, 2.05) is 0 Å². The minimum Gasteiger partial charge on any atom is -0.501 e. The van der Waals surface area contributed by atoms with Crippen molar-refractivity contribution in [1.29, 1.82) is 0 Å². The summed E-state index contributed by atoms with van der Waals surface area (Å²) < 4.78 is 20.2. The second-order valence-electron chi connectivity index (χ2n) is 10.5. The van der Waals surface area contributed by atoms with Crippen LogP contribution in [0.15, 0.2) is 34.9 Å². The predicted molar refractivity (Wildman–Crippen MR) is 116 cm³/mol. The summed E-state index contributed by atoms with van der Waals surface area (Å²) in [6, 6.07) is 0. The molecule has 0 aliphatic heterocycles. The van der Waals surface area contributed by atoms with Gasteiger partial charge >= 0.3 is 5.97 Å². The van der Waals surface area contributed by atoms with Crippen molar-refractivity contribution in [2.45, 2.75) is 78.6 Å². The van der Waals surface area contributed by atoms with Crippen LogP contribution in [-0.2, 0) is 9.53 Å². The molecule has 0 radical (unpaired) electrons. The number of carboxylic acid groups (broad SMARTS) is 1. The molecule has 0 aromatic rings. The van der Waals surface area contributed by atoms with Crippen LogP contribution in [0.25, 0.3) is 0 Å². The first-order valence-electron chi connectivity index (χ1n) is 11.9. The zero-order valence-corrected chi connectivity index (χ0v) is 19.0. The maximum Gasteiger partial charge on any atom is 0.364 e. The largest absolute Gasteiger partial charge is 0.501 e. The number of methoxy groups -OCH3 is 1. The van der Waals surface area contributed by atoms with Gasteiger partial charge in [-0.25, -0.2) is 4.79 Å². The summed E-state index contributed by atoms with van der Waals surface area (Å²) in [4.78, 5) is 11.4. The maximum atomic E-state index is 14.6. The van der Waals surface area contributed by atoms with Crippen molar-refractivity contribution in [3.05, 3.63) is 34.9 Å². The number of hydrogen-bond acceptors (Lipinski definition) is 2. The second-order valence-corrected chi connectivity index (χ2v) is 10.5. The molecule has 1 N–H and O–H groups in total. The Balaban J connectivity index is 1.77. The number of allylic oxidation sites excluding steroid dienone is 5. The van der Waals surface area contributed by atoms with Crippen LogP contribution in [0.3, 0.4) is 0 Å². The highest BCUT2D eigenvalue weighted by Crippen LogP contribution is 2.67. The van der Waals surface area contributed by atoms with Gasteiger partial charge in [0.05, 0.1) is 12.9 Å². The van der Waals surface area contributed by atoms with E-state index in [1.54, 1.807) is 7.11 Å². The Labute approximate surface area is 180 Å². The number of carboxylic acids is 1. The first kappa shape index (κ1) is 21.6. The average molecular weight is 417 g/mol. The molecule has 4 aliphatic carbocycles. The van der Waals surface area contributed by atoms with Gasteiger partial charge in [0.15, 0.2) is 0 Å². The summed E-state index contributed by atoms with van der Waals surface area (Å²) in [7, 11) is 1.77. The molecule has 0 aromatic heterocycles. The van der Waals surface area contributed by atoms with Crippen molar-refractivity contribution in [3.8, 4) is 0 Å². The predicted octanol–water partition coefficient (Wildman–Crippen LogP) is 6.81. The summed E-state index contributed by atoms with van der Waals surface area (Å²) >= 11 is 0. The third-order valence-corrected chi connectivity index (χ3v) is 9.30. The summed E-state index contributed by atoms with van der Waals surface area (Å²) in [6.07, 6.45) is 13.9. The van der Waals surface area contributed by atoms with Gasteiger partial charge < -0.3 is 9.84 Å². The van der Waals surface area contributed by atoms with Crippen LogP contribution in [0.4, 0.5) is 4.39 Å². The van der Waals surface area contributed by atoms with Gasteiger partial charge in [-0.1, -0.05) is 39.7 Å². The molecule has 2 fully saturated rings. The van der Waals surface area contributed by atoms with Gasteiger partial charge in [0.2, 0.25) is 5.83 Å². The summed E-state index contributed by atoms with van der Waals surface area (Å²) in [5.41, 5.74) is 1.87. The van der Waals surface area contributed by atoms with Crippen molar-refractivity contribution < 1.29 is 19.0 Å². The van der Waals surface area contributed by atoms with Gasteiger partial charge in [-0.3, -0.25) is 0 Å². The first-order valence-corrected chi connectivity index (χ1v) is 11.9. The number of unbranched alkanes of at least 4 members (excludes halogenated alkanes) is 1. The van der Waals surface area contributed by atoms with E-state index in [0.29, 0.717) is 35.7 Å². The average Bonchev–Trinajstić information content (AvgIpc) is 3.08. The highest BCUT2D eigenvalue weighted by atomic mass is 19.1. The molecule has 0 bridgehead atoms. The number of hydrogen-bond donors (Lipinski definition) is 1. The van der Waals surface area contributed by atoms with Gasteiger partial charge in [-0.05, 0) is 90.2 Å². The van der Waals surface area contributed by atoms with E-state index in [9.17, 15) is 14.3 Å². The van der Waals surface area contributed by atoms with Crippen molar-refractivity contribution in [2.75, 3.05) is 7.11 Å². The van der Waals surface area contributed by atoms with Crippen LogP contribution in [0.5, 0.6) is 0 Å². The van der Waals surface area contributed by atoms with Crippen LogP contribution in [-0.4, -0.2) is 18.2 Å². The highest BCUT2D eigenvalue weighted by molar-refractivity contribution is 5.85. The molecule has 4 aliphatic rings. The van der Waals surface area contributed by atoms with Crippen molar-refractivity contribution in [2.24, 2.45) is 34.5 Å². The monoisotopic (exact) mass is 416 g/mol. The van der Waals surface area contributed by atoms with E-state index in [0.717, 1.165) is 37.9 Å². The second kappa shape index (κ2) is 7.84. The van der Waals surface area contributed by atoms with Gasteiger partial charge in [0.1, 0.15) is 0 Å². The van der Waals surface area contributed by atoms with Gasteiger partial charge in [-0.2, -0.15) is 4.39 Å². The lowest BCUT2D eigenvalue weighted by Crippen LogP contribution is -2.51. The maximum absolute atomic E-state index is 14.6. The molecule has 4 rings (SSSR count). The van der Waals surface area contributed by atoms with Crippen LogP contribution < -0.4 is 0 Å². The van der Waals surface area contributed by atoms with E-state index in [4.69, 9.17) is 4.74 Å². The molecule has 30 heavy (non-hydrogen) atoms. The smallest absolute Gasteiger partial charge is 0.364 e. The molecular formula is C26H37FO3. The van der Waals surface area contributed by atoms with Crippen LogP contribution >= 0.6 is 0 Å². The van der Waals surface area contributed by atoms with E-state index in [1.165, 1.54) is 24.8 Å². The Hall–Kier alpha value is -1.58. The van der Waals surface area contributed by atoms with Gasteiger partial charge in [-0.15, -0.1) is 0 Å². The molecule has 3 nitrogen and oxygen atoms in total. The molecule has 0 saturated heterocycles. The summed E-state index contributed by atoms with van der Waals surface area (Å²) in [5.74, 6) is 0.774. The number of rotatable bonds is 5. The normalized spacial score (nSPS) is 41.8. The molecule has 0 unspecified atom stereocenters. The SMILES string of the molecule is CCCC[C@@H]1C=C2C=C(OC)CC[C@]2(C)[C@H]2CC[C@]3(C)C(=C(F)C(=O)O)CC[C@H]3[C@H]12. The number of fused-ring (bicyclic) bond motifs is 5. The molecule has 2 saturated carbocycles. The Morgan fingerprint density at radius 1 is 1.20 bits per heavy atom. The number of aliphatic carboxylic acids is 1. The Bertz CT molecular complexity index is 809. The van der Waals surface area contributed by atoms with Gasteiger partial charge in [0.25, 0.3) is 0 Å². The molecule has 0 amide bonds. The quantitative estimate of drug-likeness (QED) is 0.501. The van der Waals surface area contributed by atoms with E-state index >= 15 is 0 Å². The third-order valence-electron chi connectivity index (χ3n) is 9.30. The number of carbonyl (C=O) groups is 1. The zero-order valence-electron chi connectivity index (χ0n) is 19.0. The van der Waals surface area contributed by atoms with Crippen molar-refractivity contribution >= 4 is 5.97 Å². The van der Waals surface area contributed by atoms with Crippen LogP contribution in [0, 0.1) is 34.5 Å². The van der Waals surface area contributed by atoms with Crippen molar-refractivity contribution in [3.63, 3.8) is 0 Å². The fourth-order valence-electron chi connectivity index (χ4n) is 7.63. The molecular weight excluding hydrogens is 379 g/mol. The molecule has 0 spiro atoms. The Kier molecular flexibility index (Phi) is 5.65. The fourth-order valence-corrected chi connectivity index (χ4v) is 7.63. The fraction of sp³-hybridized carbons (Fsp3) is 0.731. The van der Waals surface area contributed by atoms with Gasteiger partial charge in [0, 0.05) is 6.42 Å². The molecule has 0 heterocycles. The minimum atomic E-state index is -1.39. The minimum absolute atomic E-state index is 0.147. The number of ether oxygens (including phenoxy) is 1. The van der Waals surface area contributed by atoms with Crippen LogP contribution in [0.2, 0.25) is 0 Å². The zero-order chi connectivity index (χ0) is 21.7. The van der Waals surface area contributed by atoms with E-state index in [-0.39, 0.29) is 10.8 Å². The summed E-state index contributed by atoms with van der Waals surface area (Å²) in [6.45, 7) is 6.83. The highest BCUT2D eigenvalue weighted by Gasteiger charge is 2.59. The van der Waals surface area contributed by atoms with Crippen LogP contribution in [0.1, 0.15) is 78.6 Å². The molecule has 4 heteroatoms. The number of halogens is 1. The molecule has 166 valence electrons. The lowest BCUT2D eigenvalue weighted by Gasteiger charge is -2.58. The Morgan fingerprint density at radius 3 is 2.60 bits per heavy atom. The Morgan fingerprint density at radius 2 is 1.93 bits per heavy atom. The van der Waals surface area contributed by atoms with E-state index < -0.39 is 11.8 Å². The first-order chi connectivity index (χ1) is 14.3. The lowest BCUT2D eigenvalue weighted by molar-refractivity contribution is -0.134. The molecule has 6 atom stereocenters.